The first kappa shape index (κ1) is 18.6. The first-order valence-electron chi connectivity index (χ1n) is 8.77. The van der Waals surface area contributed by atoms with Crippen molar-refractivity contribution in [2.75, 3.05) is 13.6 Å². The van der Waals surface area contributed by atoms with Gasteiger partial charge >= 0.3 is 5.97 Å². The summed E-state index contributed by atoms with van der Waals surface area (Å²) in [5.74, 6) is -1.29. The van der Waals surface area contributed by atoms with Gasteiger partial charge in [-0.3, -0.25) is 9.59 Å². The van der Waals surface area contributed by atoms with Gasteiger partial charge in [0.1, 0.15) is 12.2 Å². The van der Waals surface area contributed by atoms with Crippen molar-refractivity contribution in [1.82, 2.24) is 14.3 Å². The lowest BCUT2D eigenvalue weighted by Gasteiger charge is -2.15. The van der Waals surface area contributed by atoms with Crippen molar-refractivity contribution in [1.29, 1.82) is 0 Å². The van der Waals surface area contributed by atoms with Gasteiger partial charge < -0.3 is 14.4 Å². The van der Waals surface area contributed by atoms with Crippen LogP contribution in [0.25, 0.3) is 16.9 Å². The number of aliphatic carboxylic acids is 1. The van der Waals surface area contributed by atoms with E-state index in [4.69, 9.17) is 10.1 Å². The van der Waals surface area contributed by atoms with Crippen molar-refractivity contribution in [3.8, 4) is 11.3 Å². The third-order valence-electron chi connectivity index (χ3n) is 4.78. The number of carboxylic acids is 1. The SMILES string of the molecule is Cc1ccn2c(CC(=O)N(C)CC(=O)O)c(-c3ccc(C)c(C)c3)nc2c1. The standard InChI is InChI=1S/C21H23N3O3/c1-13-7-8-24-17(11-19(25)23(4)12-20(26)27)21(22-18(24)9-13)16-6-5-14(2)15(3)10-16/h5-10H,11-12H2,1-4H3,(H,26,27). The maximum atomic E-state index is 12.6. The minimum absolute atomic E-state index is 0.0796. The fraction of sp³-hybridized carbons (Fsp3) is 0.286. The summed E-state index contributed by atoms with van der Waals surface area (Å²) in [6.07, 6.45) is 1.98. The van der Waals surface area contributed by atoms with Crippen molar-refractivity contribution >= 4 is 17.5 Å². The number of aryl methyl sites for hydroxylation is 3. The highest BCUT2D eigenvalue weighted by atomic mass is 16.4. The van der Waals surface area contributed by atoms with Gasteiger partial charge in [-0.15, -0.1) is 0 Å². The average Bonchev–Trinajstić information content (AvgIpc) is 2.94. The molecule has 0 unspecified atom stereocenters. The number of aromatic nitrogens is 2. The maximum Gasteiger partial charge on any atom is 0.323 e. The molecule has 0 saturated carbocycles. The summed E-state index contributed by atoms with van der Waals surface area (Å²) in [6, 6.07) is 10.1. The molecule has 0 radical (unpaired) electrons. The Labute approximate surface area is 158 Å². The van der Waals surface area contributed by atoms with Gasteiger partial charge in [0, 0.05) is 18.8 Å². The van der Waals surface area contributed by atoms with E-state index >= 15 is 0 Å². The number of amides is 1. The molecule has 2 heterocycles. The van der Waals surface area contributed by atoms with Crippen LogP contribution in [-0.4, -0.2) is 44.9 Å². The molecule has 27 heavy (non-hydrogen) atoms. The summed E-state index contributed by atoms with van der Waals surface area (Å²) in [5.41, 5.74) is 6.66. The molecule has 0 aliphatic heterocycles. The van der Waals surface area contributed by atoms with Crippen molar-refractivity contribution in [3.63, 3.8) is 0 Å². The lowest BCUT2D eigenvalue weighted by atomic mass is 10.0. The number of benzene rings is 1. The van der Waals surface area contributed by atoms with Crippen LogP contribution in [0.1, 0.15) is 22.4 Å². The van der Waals surface area contributed by atoms with E-state index < -0.39 is 5.97 Å². The highest BCUT2D eigenvalue weighted by Gasteiger charge is 2.20. The number of hydrogen-bond acceptors (Lipinski definition) is 3. The first-order chi connectivity index (χ1) is 12.8. The van der Waals surface area contributed by atoms with E-state index in [1.54, 1.807) is 0 Å². The zero-order valence-corrected chi connectivity index (χ0v) is 16.0. The predicted molar refractivity (Wildman–Crippen MR) is 104 cm³/mol. The van der Waals surface area contributed by atoms with Crippen LogP contribution in [0.3, 0.4) is 0 Å². The number of likely N-dealkylation sites (N-methyl/N-ethyl adjacent to an activating group) is 1. The molecular formula is C21H23N3O3. The van der Waals surface area contributed by atoms with Crippen molar-refractivity contribution in [3.05, 3.63) is 58.9 Å². The summed E-state index contributed by atoms with van der Waals surface area (Å²) in [7, 11) is 1.50. The van der Waals surface area contributed by atoms with Gasteiger partial charge in [0.05, 0.1) is 17.8 Å². The van der Waals surface area contributed by atoms with Gasteiger partial charge in [0.15, 0.2) is 0 Å². The number of nitrogens with zero attached hydrogens (tertiary/aromatic N) is 3. The summed E-state index contributed by atoms with van der Waals surface area (Å²) >= 11 is 0. The fourth-order valence-corrected chi connectivity index (χ4v) is 3.06. The largest absolute Gasteiger partial charge is 0.480 e. The molecule has 1 N–H and O–H groups in total. The second-order valence-corrected chi connectivity index (χ2v) is 6.96. The monoisotopic (exact) mass is 365 g/mol. The Morgan fingerprint density at radius 1 is 1.11 bits per heavy atom. The second kappa shape index (κ2) is 7.23. The van der Waals surface area contributed by atoms with E-state index in [1.807, 2.05) is 48.7 Å². The third-order valence-corrected chi connectivity index (χ3v) is 4.78. The van der Waals surface area contributed by atoms with Gasteiger partial charge in [-0.2, -0.15) is 0 Å². The molecule has 0 spiro atoms. The summed E-state index contributed by atoms with van der Waals surface area (Å²) < 4.78 is 1.91. The molecular weight excluding hydrogens is 342 g/mol. The van der Waals surface area contributed by atoms with Crippen LogP contribution in [0, 0.1) is 20.8 Å². The maximum absolute atomic E-state index is 12.6. The summed E-state index contributed by atoms with van der Waals surface area (Å²) in [6.45, 7) is 5.77. The van der Waals surface area contributed by atoms with Crippen LogP contribution in [0.2, 0.25) is 0 Å². The van der Waals surface area contributed by atoms with E-state index in [-0.39, 0.29) is 18.9 Å². The third kappa shape index (κ3) is 3.84. The molecule has 0 aliphatic carbocycles. The number of carbonyl (C=O) groups is 2. The molecule has 0 saturated heterocycles. The van der Waals surface area contributed by atoms with Crippen LogP contribution in [-0.2, 0) is 16.0 Å². The Morgan fingerprint density at radius 3 is 2.52 bits per heavy atom. The predicted octanol–water partition coefficient (Wildman–Crippen LogP) is 3.01. The molecule has 6 heteroatoms. The Hall–Kier alpha value is -3.15. The van der Waals surface area contributed by atoms with E-state index in [1.165, 1.54) is 17.5 Å². The van der Waals surface area contributed by atoms with E-state index in [0.29, 0.717) is 0 Å². The quantitative estimate of drug-likeness (QED) is 0.754. The van der Waals surface area contributed by atoms with Gasteiger partial charge in [0.25, 0.3) is 0 Å². The number of imidazole rings is 1. The van der Waals surface area contributed by atoms with Crippen molar-refractivity contribution in [2.45, 2.75) is 27.2 Å². The molecule has 0 bridgehead atoms. The Morgan fingerprint density at radius 2 is 1.85 bits per heavy atom. The molecule has 0 aliphatic rings. The number of pyridine rings is 1. The second-order valence-electron chi connectivity index (χ2n) is 6.96. The molecule has 3 aromatic rings. The van der Waals surface area contributed by atoms with Crippen LogP contribution >= 0.6 is 0 Å². The van der Waals surface area contributed by atoms with E-state index in [9.17, 15) is 9.59 Å². The lowest BCUT2D eigenvalue weighted by Crippen LogP contribution is -2.33. The van der Waals surface area contributed by atoms with Gasteiger partial charge in [-0.25, -0.2) is 4.98 Å². The normalized spacial score (nSPS) is 11.0. The zero-order valence-electron chi connectivity index (χ0n) is 16.0. The van der Waals surface area contributed by atoms with Gasteiger partial charge in [-0.05, 0) is 55.7 Å². The minimum atomic E-state index is -1.03. The first-order valence-corrected chi connectivity index (χ1v) is 8.77. The molecule has 2 aromatic heterocycles. The highest BCUT2D eigenvalue weighted by molar-refractivity contribution is 5.84. The van der Waals surface area contributed by atoms with Crippen LogP contribution in [0.15, 0.2) is 36.5 Å². The van der Waals surface area contributed by atoms with Crippen molar-refractivity contribution < 1.29 is 14.7 Å². The lowest BCUT2D eigenvalue weighted by molar-refractivity contribution is -0.143. The Balaban J connectivity index is 2.09. The number of fused-ring (bicyclic) bond motifs is 1. The molecule has 1 amide bonds. The van der Waals surface area contributed by atoms with Crippen LogP contribution in [0.5, 0.6) is 0 Å². The van der Waals surface area contributed by atoms with Gasteiger partial charge in [-0.1, -0.05) is 12.1 Å². The Kier molecular flexibility index (Phi) is 4.99. The number of hydrogen-bond donors (Lipinski definition) is 1. The number of carboxylic acid groups (broad SMARTS) is 1. The van der Waals surface area contributed by atoms with Crippen molar-refractivity contribution in [2.24, 2.45) is 0 Å². The summed E-state index contributed by atoms with van der Waals surface area (Å²) in [5, 5.41) is 8.94. The zero-order chi connectivity index (χ0) is 19.7. The molecule has 6 nitrogen and oxygen atoms in total. The average molecular weight is 365 g/mol. The van der Waals surface area contributed by atoms with Gasteiger partial charge in [0.2, 0.25) is 5.91 Å². The number of rotatable bonds is 5. The van der Waals surface area contributed by atoms with Crippen LogP contribution in [0.4, 0.5) is 0 Å². The molecule has 0 atom stereocenters. The molecule has 1 aromatic carbocycles. The molecule has 3 rings (SSSR count). The van der Waals surface area contributed by atoms with E-state index in [2.05, 4.69) is 13.0 Å². The molecule has 140 valence electrons. The van der Waals surface area contributed by atoms with E-state index in [0.717, 1.165) is 33.7 Å². The summed E-state index contributed by atoms with van der Waals surface area (Å²) in [4.78, 5) is 29.5. The number of carbonyl (C=O) groups excluding carboxylic acids is 1. The smallest absolute Gasteiger partial charge is 0.323 e. The molecule has 0 fully saturated rings. The topological polar surface area (TPSA) is 74.9 Å². The van der Waals surface area contributed by atoms with Crippen LogP contribution < -0.4 is 0 Å². The minimum Gasteiger partial charge on any atom is -0.480 e. The highest BCUT2D eigenvalue weighted by Crippen LogP contribution is 2.27. The fourth-order valence-electron chi connectivity index (χ4n) is 3.06. The Bertz CT molecular complexity index is 1040.